The maximum atomic E-state index is 5.41. The van der Waals surface area contributed by atoms with Gasteiger partial charge in [-0.25, -0.2) is 0 Å². The Bertz CT molecular complexity index is 244. The summed E-state index contributed by atoms with van der Waals surface area (Å²) in [5.74, 6) is 0. The largest absolute Gasteiger partial charge is 0.359 e. The van der Waals surface area contributed by atoms with Gasteiger partial charge in [-0.1, -0.05) is 31.4 Å². The number of nitrogens with zero attached hydrogens (tertiary/aromatic N) is 1. The molecule has 0 spiro atoms. The van der Waals surface area contributed by atoms with Gasteiger partial charge in [0, 0.05) is 19.1 Å². The maximum Gasteiger partial charge on any atom is 0.169 e. The Morgan fingerprint density at radius 3 is 2.50 bits per heavy atom. The summed E-state index contributed by atoms with van der Waals surface area (Å²) in [6, 6.07) is 0.594. The molecule has 1 aliphatic rings. The third-order valence-corrected chi connectivity index (χ3v) is 3.38. The second kappa shape index (κ2) is 7.44. The van der Waals surface area contributed by atoms with Crippen LogP contribution in [0.5, 0.6) is 0 Å². The van der Waals surface area contributed by atoms with E-state index in [1.807, 2.05) is 12.2 Å². The average Bonchev–Trinajstić information content (AvgIpc) is 2.34. The molecule has 1 rings (SSSR count). The van der Waals surface area contributed by atoms with E-state index in [4.69, 9.17) is 12.2 Å². The van der Waals surface area contributed by atoms with Gasteiger partial charge >= 0.3 is 0 Å². The molecule has 0 aromatic heterocycles. The predicted octanol–water partition coefficient (Wildman–Crippen LogP) is 2.87. The lowest BCUT2D eigenvalue weighted by Crippen LogP contribution is -2.46. The van der Waals surface area contributed by atoms with E-state index < -0.39 is 0 Å². The molecule has 0 atom stereocenters. The summed E-state index contributed by atoms with van der Waals surface area (Å²) >= 11 is 5.41. The van der Waals surface area contributed by atoms with Crippen LogP contribution in [-0.2, 0) is 0 Å². The van der Waals surface area contributed by atoms with Crippen LogP contribution in [-0.4, -0.2) is 29.1 Å². The SMILES string of the molecule is C=CCNC(=S)N(CC=C)C1CCCCC1. The summed E-state index contributed by atoms with van der Waals surface area (Å²) in [4.78, 5) is 2.27. The van der Waals surface area contributed by atoms with Crippen molar-refractivity contribution in [3.63, 3.8) is 0 Å². The lowest BCUT2D eigenvalue weighted by atomic mass is 9.94. The fraction of sp³-hybridized carbons (Fsp3) is 0.615. The molecule has 0 aromatic carbocycles. The summed E-state index contributed by atoms with van der Waals surface area (Å²) in [6.07, 6.45) is 10.3. The van der Waals surface area contributed by atoms with Gasteiger partial charge < -0.3 is 10.2 Å². The number of hydrogen-bond acceptors (Lipinski definition) is 1. The Hall–Kier alpha value is -0.830. The summed E-state index contributed by atoms with van der Waals surface area (Å²) in [5.41, 5.74) is 0. The molecule has 0 saturated heterocycles. The first-order chi connectivity index (χ1) is 7.79. The van der Waals surface area contributed by atoms with E-state index in [1.165, 1.54) is 32.1 Å². The Labute approximate surface area is 104 Å². The van der Waals surface area contributed by atoms with E-state index in [0.29, 0.717) is 6.04 Å². The van der Waals surface area contributed by atoms with Crippen molar-refractivity contribution in [3.8, 4) is 0 Å². The maximum absolute atomic E-state index is 5.41. The molecule has 16 heavy (non-hydrogen) atoms. The predicted molar refractivity (Wildman–Crippen MR) is 74.6 cm³/mol. The Morgan fingerprint density at radius 1 is 1.25 bits per heavy atom. The molecular formula is C13H22N2S. The summed E-state index contributed by atoms with van der Waals surface area (Å²) in [7, 11) is 0. The molecule has 0 bridgehead atoms. The molecule has 0 heterocycles. The van der Waals surface area contributed by atoms with Crippen LogP contribution in [0.2, 0.25) is 0 Å². The molecule has 0 unspecified atom stereocenters. The fourth-order valence-corrected chi connectivity index (χ4v) is 2.50. The standard InChI is InChI=1S/C13H22N2S/c1-3-10-14-13(16)15(11-4-2)12-8-6-5-7-9-12/h3-4,12H,1-2,5-11H2,(H,14,16). The molecule has 1 fully saturated rings. The van der Waals surface area contributed by atoms with Gasteiger partial charge in [0.1, 0.15) is 0 Å². The highest BCUT2D eigenvalue weighted by Crippen LogP contribution is 2.22. The van der Waals surface area contributed by atoms with Gasteiger partial charge in [-0.2, -0.15) is 0 Å². The number of hydrogen-bond donors (Lipinski definition) is 1. The van der Waals surface area contributed by atoms with Crippen LogP contribution < -0.4 is 5.32 Å². The molecule has 1 aliphatic carbocycles. The van der Waals surface area contributed by atoms with Gasteiger partial charge in [-0.05, 0) is 25.1 Å². The van der Waals surface area contributed by atoms with Crippen molar-refractivity contribution in [3.05, 3.63) is 25.3 Å². The molecule has 90 valence electrons. The van der Waals surface area contributed by atoms with Crippen LogP contribution in [0.1, 0.15) is 32.1 Å². The van der Waals surface area contributed by atoms with Crippen molar-refractivity contribution in [2.45, 2.75) is 38.1 Å². The number of nitrogens with one attached hydrogen (secondary N) is 1. The highest BCUT2D eigenvalue weighted by molar-refractivity contribution is 7.80. The zero-order valence-electron chi connectivity index (χ0n) is 9.95. The summed E-state index contributed by atoms with van der Waals surface area (Å²) in [5, 5.41) is 4.05. The molecule has 2 nitrogen and oxygen atoms in total. The van der Waals surface area contributed by atoms with Crippen molar-refractivity contribution in [1.82, 2.24) is 10.2 Å². The molecule has 1 saturated carbocycles. The summed E-state index contributed by atoms with van der Waals surface area (Å²) in [6.45, 7) is 9.07. The van der Waals surface area contributed by atoms with E-state index in [-0.39, 0.29) is 0 Å². The molecule has 3 heteroatoms. The zero-order valence-corrected chi connectivity index (χ0v) is 10.8. The molecular weight excluding hydrogens is 216 g/mol. The van der Waals surface area contributed by atoms with Gasteiger partial charge in [0.05, 0.1) is 0 Å². The van der Waals surface area contributed by atoms with Crippen molar-refractivity contribution >= 4 is 17.3 Å². The Balaban J connectivity index is 2.53. The normalized spacial score (nSPS) is 16.5. The van der Waals surface area contributed by atoms with E-state index in [1.54, 1.807) is 0 Å². The molecule has 0 aliphatic heterocycles. The monoisotopic (exact) mass is 238 g/mol. The first-order valence-electron chi connectivity index (χ1n) is 6.06. The minimum Gasteiger partial charge on any atom is -0.359 e. The second-order valence-electron chi connectivity index (χ2n) is 4.21. The van der Waals surface area contributed by atoms with E-state index in [0.717, 1.165) is 18.2 Å². The summed E-state index contributed by atoms with van der Waals surface area (Å²) < 4.78 is 0. The fourth-order valence-electron chi connectivity index (χ4n) is 2.19. The third kappa shape index (κ3) is 3.97. The zero-order chi connectivity index (χ0) is 11.8. The van der Waals surface area contributed by atoms with Crippen molar-refractivity contribution in [2.24, 2.45) is 0 Å². The van der Waals surface area contributed by atoms with Crippen LogP contribution in [0.4, 0.5) is 0 Å². The first kappa shape index (κ1) is 13.2. The topological polar surface area (TPSA) is 15.3 Å². The van der Waals surface area contributed by atoms with Crippen molar-refractivity contribution in [2.75, 3.05) is 13.1 Å². The Kier molecular flexibility index (Phi) is 6.16. The van der Waals surface area contributed by atoms with Crippen molar-refractivity contribution in [1.29, 1.82) is 0 Å². The van der Waals surface area contributed by atoms with Crippen LogP contribution in [0.15, 0.2) is 25.3 Å². The smallest absolute Gasteiger partial charge is 0.169 e. The van der Waals surface area contributed by atoms with Gasteiger partial charge in [0.25, 0.3) is 0 Å². The molecule has 0 aromatic rings. The Morgan fingerprint density at radius 2 is 1.94 bits per heavy atom. The quantitative estimate of drug-likeness (QED) is 0.586. The first-order valence-corrected chi connectivity index (χ1v) is 6.46. The lowest BCUT2D eigenvalue weighted by Gasteiger charge is -2.35. The highest BCUT2D eigenvalue weighted by Gasteiger charge is 2.21. The van der Waals surface area contributed by atoms with Crippen LogP contribution in [0.25, 0.3) is 0 Å². The average molecular weight is 238 g/mol. The number of rotatable bonds is 5. The van der Waals surface area contributed by atoms with Crippen LogP contribution in [0, 0.1) is 0 Å². The van der Waals surface area contributed by atoms with E-state index in [9.17, 15) is 0 Å². The van der Waals surface area contributed by atoms with Gasteiger partial charge in [0.2, 0.25) is 0 Å². The molecule has 0 radical (unpaired) electrons. The van der Waals surface area contributed by atoms with E-state index >= 15 is 0 Å². The van der Waals surface area contributed by atoms with E-state index in [2.05, 4.69) is 23.4 Å². The second-order valence-corrected chi connectivity index (χ2v) is 4.59. The van der Waals surface area contributed by atoms with Gasteiger partial charge in [0.15, 0.2) is 5.11 Å². The lowest BCUT2D eigenvalue weighted by molar-refractivity contribution is 0.258. The molecule has 1 N–H and O–H groups in total. The third-order valence-electron chi connectivity index (χ3n) is 3.00. The van der Waals surface area contributed by atoms with Gasteiger partial charge in [-0.3, -0.25) is 0 Å². The van der Waals surface area contributed by atoms with Crippen LogP contribution >= 0.6 is 12.2 Å². The van der Waals surface area contributed by atoms with Crippen molar-refractivity contribution < 1.29 is 0 Å². The van der Waals surface area contributed by atoms with Gasteiger partial charge in [-0.15, -0.1) is 13.2 Å². The minimum atomic E-state index is 0.594. The van der Waals surface area contributed by atoms with Crippen LogP contribution in [0.3, 0.4) is 0 Å². The minimum absolute atomic E-state index is 0.594. The highest BCUT2D eigenvalue weighted by atomic mass is 32.1. The number of thiocarbonyl (C=S) groups is 1. The molecule has 0 amide bonds.